The highest BCUT2D eigenvalue weighted by Crippen LogP contribution is 2.03. The lowest BCUT2D eigenvalue weighted by molar-refractivity contribution is 0.0941. The van der Waals surface area contributed by atoms with Gasteiger partial charge in [0.05, 0.1) is 16.7 Å². The van der Waals surface area contributed by atoms with Crippen LogP contribution in [-0.4, -0.2) is 27.1 Å². The molecule has 0 spiro atoms. The van der Waals surface area contributed by atoms with E-state index in [0.717, 1.165) is 5.69 Å². The van der Waals surface area contributed by atoms with E-state index in [1.165, 1.54) is 6.20 Å². The minimum absolute atomic E-state index is 0.0655. The van der Waals surface area contributed by atoms with Gasteiger partial charge in [0, 0.05) is 18.2 Å². The van der Waals surface area contributed by atoms with Crippen molar-refractivity contribution in [2.75, 3.05) is 0 Å². The SMILES string of the molecule is Cc1[nH]ncc1C(=O)NC(C)CC(N)=S. The van der Waals surface area contributed by atoms with E-state index in [-0.39, 0.29) is 11.9 Å². The van der Waals surface area contributed by atoms with Gasteiger partial charge in [-0.1, -0.05) is 12.2 Å². The fourth-order valence-corrected chi connectivity index (χ4v) is 1.48. The Balaban J connectivity index is 2.56. The first kappa shape index (κ1) is 11.6. The van der Waals surface area contributed by atoms with Crippen molar-refractivity contribution in [3.8, 4) is 0 Å². The lowest BCUT2D eigenvalue weighted by Gasteiger charge is -2.12. The Hall–Kier alpha value is -1.43. The molecule has 6 heteroatoms. The minimum atomic E-state index is -0.162. The molecule has 15 heavy (non-hydrogen) atoms. The largest absolute Gasteiger partial charge is 0.393 e. The summed E-state index contributed by atoms with van der Waals surface area (Å²) in [5.41, 5.74) is 6.67. The summed E-state index contributed by atoms with van der Waals surface area (Å²) in [6.45, 7) is 3.65. The first-order chi connectivity index (χ1) is 7.00. The van der Waals surface area contributed by atoms with E-state index in [1.54, 1.807) is 6.92 Å². The predicted octanol–water partition coefficient (Wildman–Crippen LogP) is 0.513. The lowest BCUT2D eigenvalue weighted by atomic mass is 10.2. The fourth-order valence-electron chi connectivity index (χ4n) is 1.23. The number of amides is 1. The van der Waals surface area contributed by atoms with Crippen molar-refractivity contribution < 1.29 is 4.79 Å². The summed E-state index contributed by atoms with van der Waals surface area (Å²) in [5, 5.41) is 9.26. The molecule has 1 unspecified atom stereocenters. The Morgan fingerprint density at radius 2 is 2.47 bits per heavy atom. The zero-order valence-electron chi connectivity index (χ0n) is 8.70. The molecule has 0 radical (unpaired) electrons. The number of carbonyl (C=O) groups is 1. The molecule has 1 rings (SSSR count). The number of H-pyrrole nitrogens is 1. The number of nitrogens with one attached hydrogen (secondary N) is 2. The van der Waals surface area contributed by atoms with Gasteiger partial charge in [-0.3, -0.25) is 9.89 Å². The number of carbonyl (C=O) groups excluding carboxylic acids is 1. The van der Waals surface area contributed by atoms with E-state index in [1.807, 2.05) is 6.92 Å². The number of hydrogen-bond donors (Lipinski definition) is 3. The first-order valence-electron chi connectivity index (χ1n) is 4.60. The van der Waals surface area contributed by atoms with Gasteiger partial charge in [-0.15, -0.1) is 0 Å². The smallest absolute Gasteiger partial charge is 0.254 e. The molecule has 1 atom stereocenters. The maximum Gasteiger partial charge on any atom is 0.254 e. The number of nitrogens with two attached hydrogens (primary N) is 1. The van der Waals surface area contributed by atoms with Crippen molar-refractivity contribution >= 4 is 23.1 Å². The van der Waals surface area contributed by atoms with Crippen LogP contribution in [0.1, 0.15) is 29.4 Å². The summed E-state index contributed by atoms with van der Waals surface area (Å²) in [6.07, 6.45) is 2.00. The standard InChI is InChI=1S/C9H14N4OS/c1-5(3-8(10)15)12-9(14)7-4-11-13-6(7)2/h4-5H,3H2,1-2H3,(H2,10,15)(H,11,13)(H,12,14). The van der Waals surface area contributed by atoms with Crippen LogP contribution in [0.15, 0.2) is 6.20 Å². The van der Waals surface area contributed by atoms with Gasteiger partial charge in [0.1, 0.15) is 0 Å². The quantitative estimate of drug-likeness (QED) is 0.653. The van der Waals surface area contributed by atoms with Crippen molar-refractivity contribution in [1.29, 1.82) is 0 Å². The van der Waals surface area contributed by atoms with Crippen LogP contribution in [0, 0.1) is 6.92 Å². The van der Waals surface area contributed by atoms with E-state index in [4.69, 9.17) is 18.0 Å². The second-order valence-electron chi connectivity index (χ2n) is 3.45. The van der Waals surface area contributed by atoms with E-state index >= 15 is 0 Å². The van der Waals surface area contributed by atoms with Crippen LogP contribution in [0.4, 0.5) is 0 Å². The Bertz CT molecular complexity index is 374. The van der Waals surface area contributed by atoms with Gasteiger partial charge >= 0.3 is 0 Å². The highest BCUT2D eigenvalue weighted by Gasteiger charge is 2.13. The maximum absolute atomic E-state index is 11.7. The zero-order chi connectivity index (χ0) is 11.4. The number of thiocarbonyl (C=S) groups is 1. The molecule has 0 aliphatic rings. The van der Waals surface area contributed by atoms with Crippen molar-refractivity contribution in [3.05, 3.63) is 17.5 Å². The molecule has 0 aliphatic heterocycles. The molecule has 1 aromatic rings. The summed E-state index contributed by atoms with van der Waals surface area (Å²) in [6, 6.07) is -0.0655. The van der Waals surface area contributed by atoms with E-state index in [2.05, 4.69) is 15.5 Å². The summed E-state index contributed by atoms with van der Waals surface area (Å²) in [5.74, 6) is -0.162. The van der Waals surface area contributed by atoms with Gasteiger partial charge < -0.3 is 11.1 Å². The highest BCUT2D eigenvalue weighted by molar-refractivity contribution is 7.80. The van der Waals surface area contributed by atoms with Crippen LogP contribution < -0.4 is 11.1 Å². The number of nitrogens with zero attached hydrogens (tertiary/aromatic N) is 1. The van der Waals surface area contributed by atoms with Crippen LogP contribution in [-0.2, 0) is 0 Å². The Kier molecular flexibility index (Phi) is 3.79. The Labute approximate surface area is 93.4 Å². The topological polar surface area (TPSA) is 83.8 Å². The van der Waals surface area contributed by atoms with E-state index in [9.17, 15) is 4.79 Å². The van der Waals surface area contributed by atoms with Gasteiger partial charge in [0.15, 0.2) is 0 Å². The van der Waals surface area contributed by atoms with Gasteiger partial charge in [0.25, 0.3) is 5.91 Å². The first-order valence-corrected chi connectivity index (χ1v) is 5.00. The second-order valence-corrected chi connectivity index (χ2v) is 3.98. The number of aromatic amines is 1. The third-order valence-corrected chi connectivity index (χ3v) is 2.13. The molecule has 1 aromatic heterocycles. The molecular weight excluding hydrogens is 212 g/mol. The van der Waals surface area contributed by atoms with Gasteiger partial charge in [-0.05, 0) is 13.8 Å². The van der Waals surface area contributed by atoms with Crippen molar-refractivity contribution in [2.24, 2.45) is 5.73 Å². The third-order valence-electron chi connectivity index (χ3n) is 1.96. The predicted molar refractivity (Wildman–Crippen MR) is 61.7 cm³/mol. The number of aryl methyl sites for hydroxylation is 1. The molecule has 82 valence electrons. The molecule has 4 N–H and O–H groups in total. The molecule has 0 saturated heterocycles. The van der Waals surface area contributed by atoms with Crippen molar-refractivity contribution in [3.63, 3.8) is 0 Å². The average molecular weight is 226 g/mol. The third kappa shape index (κ3) is 3.32. The monoisotopic (exact) mass is 226 g/mol. The molecule has 0 fully saturated rings. The van der Waals surface area contributed by atoms with Gasteiger partial charge in [-0.25, -0.2) is 0 Å². The Morgan fingerprint density at radius 1 is 1.80 bits per heavy atom. The number of hydrogen-bond acceptors (Lipinski definition) is 3. The van der Waals surface area contributed by atoms with Crippen LogP contribution in [0.2, 0.25) is 0 Å². The zero-order valence-corrected chi connectivity index (χ0v) is 9.52. The summed E-state index contributed by atoms with van der Waals surface area (Å²) < 4.78 is 0. The van der Waals surface area contributed by atoms with Gasteiger partial charge in [-0.2, -0.15) is 5.10 Å². The molecule has 5 nitrogen and oxygen atoms in total. The summed E-state index contributed by atoms with van der Waals surface area (Å²) in [4.78, 5) is 12.1. The van der Waals surface area contributed by atoms with Crippen molar-refractivity contribution in [2.45, 2.75) is 26.3 Å². The Morgan fingerprint density at radius 3 is 2.93 bits per heavy atom. The summed E-state index contributed by atoms with van der Waals surface area (Å²) in [7, 11) is 0. The molecule has 0 saturated carbocycles. The molecule has 1 amide bonds. The molecule has 0 bridgehead atoms. The molecular formula is C9H14N4OS. The fraction of sp³-hybridized carbons (Fsp3) is 0.444. The van der Waals surface area contributed by atoms with Crippen molar-refractivity contribution in [1.82, 2.24) is 15.5 Å². The van der Waals surface area contributed by atoms with Crippen LogP contribution in [0.5, 0.6) is 0 Å². The maximum atomic E-state index is 11.7. The summed E-state index contributed by atoms with van der Waals surface area (Å²) >= 11 is 4.76. The normalized spacial score (nSPS) is 12.1. The van der Waals surface area contributed by atoms with E-state index in [0.29, 0.717) is 17.0 Å². The molecule has 0 aromatic carbocycles. The second kappa shape index (κ2) is 4.88. The lowest BCUT2D eigenvalue weighted by Crippen LogP contribution is -2.35. The molecule has 1 heterocycles. The van der Waals surface area contributed by atoms with E-state index < -0.39 is 0 Å². The van der Waals surface area contributed by atoms with Crippen LogP contribution in [0.3, 0.4) is 0 Å². The van der Waals surface area contributed by atoms with Crippen LogP contribution >= 0.6 is 12.2 Å². The highest BCUT2D eigenvalue weighted by atomic mass is 32.1. The minimum Gasteiger partial charge on any atom is -0.393 e. The molecule has 0 aliphatic carbocycles. The van der Waals surface area contributed by atoms with Crippen LogP contribution in [0.25, 0.3) is 0 Å². The van der Waals surface area contributed by atoms with Gasteiger partial charge in [0.2, 0.25) is 0 Å². The average Bonchev–Trinajstić information content (AvgIpc) is 2.49. The number of aromatic nitrogens is 2. The number of rotatable bonds is 4.